The summed E-state index contributed by atoms with van der Waals surface area (Å²) in [5.41, 5.74) is 1.96. The van der Waals surface area contributed by atoms with Gasteiger partial charge in [-0.05, 0) is 44.2 Å². The van der Waals surface area contributed by atoms with Crippen LogP contribution in [0.4, 0.5) is 5.69 Å². The Morgan fingerprint density at radius 1 is 1.11 bits per heavy atom. The Labute approximate surface area is 165 Å². The van der Waals surface area contributed by atoms with E-state index < -0.39 is 12.0 Å². The van der Waals surface area contributed by atoms with E-state index in [9.17, 15) is 14.4 Å². The third-order valence-electron chi connectivity index (χ3n) is 6.64. The average Bonchev–Trinajstić information content (AvgIpc) is 3.28. The number of nitrogens with zero attached hydrogens (tertiary/aromatic N) is 2. The van der Waals surface area contributed by atoms with Gasteiger partial charge in [0.05, 0.1) is 13.0 Å². The lowest BCUT2D eigenvalue weighted by Gasteiger charge is -2.34. The number of fused-ring (bicyclic) bond motifs is 1. The van der Waals surface area contributed by atoms with Crippen molar-refractivity contribution < 1.29 is 19.1 Å². The van der Waals surface area contributed by atoms with Crippen LogP contribution in [-0.4, -0.2) is 48.4 Å². The van der Waals surface area contributed by atoms with Crippen LogP contribution in [0.3, 0.4) is 0 Å². The van der Waals surface area contributed by atoms with Crippen molar-refractivity contribution in [3.8, 4) is 0 Å². The molecule has 1 aromatic carbocycles. The zero-order chi connectivity index (χ0) is 19.8. The second-order valence-electron chi connectivity index (χ2n) is 8.37. The highest BCUT2D eigenvalue weighted by atomic mass is 16.5. The molecule has 0 aromatic heterocycles. The van der Waals surface area contributed by atoms with Gasteiger partial charge < -0.3 is 14.5 Å². The molecule has 6 nitrogen and oxygen atoms in total. The normalized spacial score (nSPS) is 29.7. The first-order chi connectivity index (χ1) is 13.5. The fourth-order valence-electron chi connectivity index (χ4n) is 5.18. The molecular weight excluding hydrogens is 356 g/mol. The summed E-state index contributed by atoms with van der Waals surface area (Å²) in [6, 6.07) is 7.38. The Morgan fingerprint density at radius 2 is 1.82 bits per heavy atom. The van der Waals surface area contributed by atoms with Crippen molar-refractivity contribution in [3.05, 3.63) is 29.8 Å². The molecule has 3 aliphatic rings. The summed E-state index contributed by atoms with van der Waals surface area (Å²) in [5.74, 6) is -0.458. The van der Waals surface area contributed by atoms with Gasteiger partial charge in [-0.2, -0.15) is 0 Å². The van der Waals surface area contributed by atoms with Crippen LogP contribution in [0.1, 0.15) is 44.1 Å². The fourth-order valence-corrected chi connectivity index (χ4v) is 5.18. The molecule has 0 bridgehead atoms. The van der Waals surface area contributed by atoms with Crippen molar-refractivity contribution in [2.24, 2.45) is 11.8 Å². The number of likely N-dealkylation sites (tertiary alicyclic amines) is 1. The summed E-state index contributed by atoms with van der Waals surface area (Å²) >= 11 is 0. The molecule has 4 rings (SSSR count). The molecule has 0 radical (unpaired) electrons. The number of carbonyl (C=O) groups is 3. The number of hydrogen-bond acceptors (Lipinski definition) is 4. The Balaban J connectivity index is 1.54. The van der Waals surface area contributed by atoms with Crippen molar-refractivity contribution in [3.63, 3.8) is 0 Å². The molecule has 150 valence electrons. The molecule has 2 amide bonds. The predicted octanol–water partition coefficient (Wildman–Crippen LogP) is 2.68. The maximum atomic E-state index is 13.4. The monoisotopic (exact) mass is 384 g/mol. The number of anilines is 1. The Hall–Kier alpha value is -2.37. The number of amides is 2. The van der Waals surface area contributed by atoms with E-state index in [0.29, 0.717) is 18.9 Å². The van der Waals surface area contributed by atoms with E-state index in [1.165, 1.54) is 7.11 Å². The predicted molar refractivity (Wildman–Crippen MR) is 105 cm³/mol. The number of ether oxygens (including phenoxy) is 1. The number of methoxy groups -OCH3 is 1. The summed E-state index contributed by atoms with van der Waals surface area (Å²) in [7, 11) is 1.38. The number of hydrogen-bond donors (Lipinski definition) is 0. The zero-order valence-electron chi connectivity index (χ0n) is 16.6. The van der Waals surface area contributed by atoms with Crippen molar-refractivity contribution in [2.75, 3.05) is 18.6 Å². The first-order valence-electron chi connectivity index (χ1n) is 10.3. The molecule has 4 atom stereocenters. The standard InChI is InChI=1S/C22H28N2O4/c1-14-7-9-17(10-8-14)23-13-16(12-20(23)25)21(26)24-18-6-4-3-5-15(18)11-19(24)22(27)28-2/h7-10,15-16,18-19H,3-6,11-13H2,1-2H3. The minimum absolute atomic E-state index is 0.0313. The van der Waals surface area contributed by atoms with Crippen LogP contribution < -0.4 is 4.90 Å². The highest BCUT2D eigenvalue weighted by molar-refractivity contribution is 6.01. The SMILES string of the molecule is COC(=O)C1CC2CCCCC2N1C(=O)C1CC(=O)N(c2ccc(C)cc2)C1. The van der Waals surface area contributed by atoms with Crippen LogP contribution in [0.25, 0.3) is 0 Å². The van der Waals surface area contributed by atoms with Gasteiger partial charge >= 0.3 is 5.97 Å². The van der Waals surface area contributed by atoms with Gasteiger partial charge in [-0.1, -0.05) is 30.5 Å². The summed E-state index contributed by atoms with van der Waals surface area (Å²) in [4.78, 5) is 41.9. The lowest BCUT2D eigenvalue weighted by molar-refractivity contribution is -0.153. The van der Waals surface area contributed by atoms with Crippen molar-refractivity contribution >= 4 is 23.5 Å². The van der Waals surface area contributed by atoms with Crippen molar-refractivity contribution in [1.29, 1.82) is 0 Å². The molecule has 0 N–H and O–H groups in total. The van der Waals surface area contributed by atoms with E-state index in [-0.39, 0.29) is 30.2 Å². The van der Waals surface area contributed by atoms with Crippen molar-refractivity contribution in [1.82, 2.24) is 4.90 Å². The van der Waals surface area contributed by atoms with Gasteiger partial charge in [0.2, 0.25) is 11.8 Å². The van der Waals surface area contributed by atoms with Crippen LogP contribution in [-0.2, 0) is 19.1 Å². The lowest BCUT2D eigenvalue weighted by Crippen LogP contribution is -2.49. The average molecular weight is 384 g/mol. The molecule has 6 heteroatoms. The van der Waals surface area contributed by atoms with Gasteiger partial charge in [-0.15, -0.1) is 0 Å². The molecular formula is C22H28N2O4. The third-order valence-corrected chi connectivity index (χ3v) is 6.64. The number of rotatable bonds is 3. The molecule has 3 fully saturated rings. The van der Waals surface area contributed by atoms with E-state index in [4.69, 9.17) is 4.74 Å². The molecule has 1 aromatic rings. The number of aryl methyl sites for hydroxylation is 1. The molecule has 1 aliphatic carbocycles. The van der Waals surface area contributed by atoms with E-state index >= 15 is 0 Å². The highest BCUT2D eigenvalue weighted by Crippen LogP contribution is 2.41. The molecule has 28 heavy (non-hydrogen) atoms. The molecule has 1 saturated carbocycles. The summed E-state index contributed by atoms with van der Waals surface area (Å²) in [5, 5.41) is 0. The number of benzene rings is 1. The maximum absolute atomic E-state index is 13.4. The largest absolute Gasteiger partial charge is 0.467 e. The lowest BCUT2D eigenvalue weighted by atomic mass is 9.84. The van der Waals surface area contributed by atoms with E-state index in [0.717, 1.165) is 36.9 Å². The van der Waals surface area contributed by atoms with Crippen LogP contribution in [0, 0.1) is 18.8 Å². The fraction of sp³-hybridized carbons (Fsp3) is 0.591. The molecule has 0 spiro atoms. The highest BCUT2D eigenvalue weighted by Gasteiger charge is 2.50. The minimum Gasteiger partial charge on any atom is -0.467 e. The number of carbonyl (C=O) groups excluding carboxylic acids is 3. The second-order valence-corrected chi connectivity index (χ2v) is 8.37. The maximum Gasteiger partial charge on any atom is 0.328 e. The van der Waals surface area contributed by atoms with E-state index in [1.54, 1.807) is 9.80 Å². The first kappa shape index (κ1) is 19.0. The summed E-state index contributed by atoms with van der Waals surface area (Å²) in [6.45, 7) is 2.38. The van der Waals surface area contributed by atoms with Gasteiger partial charge in [-0.3, -0.25) is 9.59 Å². The summed E-state index contributed by atoms with van der Waals surface area (Å²) < 4.78 is 5.00. The summed E-state index contributed by atoms with van der Waals surface area (Å²) in [6.07, 6.45) is 5.12. The van der Waals surface area contributed by atoms with Crippen molar-refractivity contribution in [2.45, 2.75) is 57.5 Å². The van der Waals surface area contributed by atoms with Crippen LogP contribution >= 0.6 is 0 Å². The quantitative estimate of drug-likeness (QED) is 0.752. The smallest absolute Gasteiger partial charge is 0.328 e. The third kappa shape index (κ3) is 3.29. The van der Waals surface area contributed by atoms with E-state index in [2.05, 4.69) is 0 Å². The topological polar surface area (TPSA) is 66.9 Å². The van der Waals surface area contributed by atoms with Gasteiger partial charge in [0.25, 0.3) is 0 Å². The van der Waals surface area contributed by atoms with E-state index in [1.807, 2.05) is 31.2 Å². The Morgan fingerprint density at radius 3 is 2.54 bits per heavy atom. The molecule has 2 saturated heterocycles. The van der Waals surface area contributed by atoms with Crippen LogP contribution in [0.2, 0.25) is 0 Å². The molecule has 2 aliphatic heterocycles. The van der Waals surface area contributed by atoms with Gasteiger partial charge in [0.1, 0.15) is 6.04 Å². The zero-order valence-corrected chi connectivity index (χ0v) is 16.6. The molecule has 4 unspecified atom stereocenters. The minimum atomic E-state index is -0.505. The Kier molecular flexibility index (Phi) is 5.13. The van der Waals surface area contributed by atoms with Crippen LogP contribution in [0.5, 0.6) is 0 Å². The number of esters is 1. The van der Waals surface area contributed by atoms with Gasteiger partial charge in [0.15, 0.2) is 0 Å². The molecule has 2 heterocycles. The second kappa shape index (κ2) is 7.57. The van der Waals surface area contributed by atoms with Crippen LogP contribution in [0.15, 0.2) is 24.3 Å². The van der Waals surface area contributed by atoms with Gasteiger partial charge in [0, 0.05) is 24.7 Å². The Bertz CT molecular complexity index is 775. The first-order valence-corrected chi connectivity index (χ1v) is 10.3. The van der Waals surface area contributed by atoms with Gasteiger partial charge in [-0.25, -0.2) is 4.79 Å².